The maximum absolute atomic E-state index is 6.30. The molecule has 0 atom stereocenters. The van der Waals surface area contributed by atoms with Crippen molar-refractivity contribution in [2.75, 3.05) is 0 Å². The van der Waals surface area contributed by atoms with Crippen LogP contribution in [0.25, 0.3) is 0 Å². The molecule has 0 aliphatic carbocycles. The zero-order chi connectivity index (χ0) is 20.0. The predicted molar refractivity (Wildman–Crippen MR) is 99.2 cm³/mol. The van der Waals surface area contributed by atoms with Crippen LogP contribution in [-0.2, 0) is 20.6 Å². The topological polar surface area (TPSA) is 46.2 Å². The molecule has 0 bridgehead atoms. The van der Waals surface area contributed by atoms with Crippen molar-refractivity contribution in [3.05, 3.63) is 0 Å². The molecule has 1 aliphatic rings. The van der Waals surface area contributed by atoms with E-state index in [9.17, 15) is 0 Å². The van der Waals surface area contributed by atoms with Gasteiger partial charge in [0.1, 0.15) is 0 Å². The summed E-state index contributed by atoms with van der Waals surface area (Å²) in [6, 6.07) is 0. The van der Waals surface area contributed by atoms with Gasteiger partial charge in [-0.2, -0.15) is 0 Å². The fourth-order valence-corrected chi connectivity index (χ4v) is 29.4. The molecule has 0 aromatic carbocycles. The van der Waals surface area contributed by atoms with Gasteiger partial charge in [0, 0.05) is 7.37 Å². The van der Waals surface area contributed by atoms with Crippen molar-refractivity contribution in [1.29, 1.82) is 0 Å². The average Bonchev–Trinajstić information content (AvgIpc) is 2.23. The van der Waals surface area contributed by atoms with Gasteiger partial charge >= 0.3 is 42.8 Å². The van der Waals surface area contributed by atoms with Gasteiger partial charge in [-0.3, -0.25) is 0 Å². The van der Waals surface area contributed by atoms with Gasteiger partial charge in [0.25, 0.3) is 0 Å². The Bertz CT molecular complexity index is 286. The summed E-state index contributed by atoms with van der Waals surface area (Å²) in [5.41, 5.74) is 0. The van der Waals surface area contributed by atoms with Crippen LogP contribution in [0.1, 0.15) is 7.37 Å². The first kappa shape index (κ1) is 15.8. The molecule has 1 fully saturated rings. The third-order valence-electron chi connectivity index (χ3n) is 2.46. The lowest BCUT2D eigenvalue weighted by molar-refractivity contribution is 0.239. The average molecular weight is 382 g/mol. The first-order valence-corrected chi connectivity index (χ1v) is 21.1. The molecule has 0 spiro atoms. The summed E-state index contributed by atoms with van der Waals surface area (Å²) in [7, 11) is -11.3. The maximum Gasteiger partial charge on any atom is 0.314 e. The molecular formula is C10H36O5Si5. The van der Waals surface area contributed by atoms with Gasteiger partial charge in [0.2, 0.25) is 0 Å². The van der Waals surface area contributed by atoms with Crippen LogP contribution in [0, 0.1) is 0 Å². The Morgan fingerprint density at radius 1 is 0.400 bits per heavy atom. The second-order valence-electron chi connectivity index (χ2n) is 7.51. The molecule has 1 saturated heterocycles. The lowest BCUT2D eigenvalue weighted by Gasteiger charge is -2.46. The Morgan fingerprint density at radius 3 is 0.600 bits per heavy atom. The molecule has 0 aromatic rings. The molecule has 0 aromatic heterocycles. The minimum Gasteiger partial charge on any atom is -0.416 e. The van der Waals surface area contributed by atoms with E-state index in [1.807, 2.05) is 0 Å². The molecule has 5 nitrogen and oxygen atoms in total. The van der Waals surface area contributed by atoms with E-state index < -0.39 is 42.8 Å². The molecule has 126 valence electrons. The first-order valence-electron chi connectivity index (χ1n) is 9.04. The van der Waals surface area contributed by atoms with Gasteiger partial charge in [-0.15, -0.1) is 0 Å². The summed E-state index contributed by atoms with van der Waals surface area (Å²) >= 11 is 0. The highest BCUT2D eigenvalue weighted by atomic mass is 28.5. The molecule has 1 rings (SSSR count). The van der Waals surface area contributed by atoms with Crippen LogP contribution in [0.4, 0.5) is 0 Å². The van der Waals surface area contributed by atoms with Crippen molar-refractivity contribution in [3.8, 4) is 0 Å². The van der Waals surface area contributed by atoms with Crippen LogP contribution < -0.4 is 0 Å². The van der Waals surface area contributed by atoms with E-state index >= 15 is 0 Å². The van der Waals surface area contributed by atoms with E-state index in [-0.39, 0.29) is 1.43 Å². The van der Waals surface area contributed by atoms with Gasteiger partial charge in [-0.1, -0.05) is 0 Å². The van der Waals surface area contributed by atoms with Crippen LogP contribution in [0.5, 0.6) is 0 Å². The highest BCUT2D eigenvalue weighted by Crippen LogP contribution is 2.30. The van der Waals surface area contributed by atoms with E-state index in [1.54, 1.807) is 0 Å². The third-order valence-corrected chi connectivity index (χ3v) is 22.1. The molecular weight excluding hydrogens is 341 g/mol. The van der Waals surface area contributed by atoms with E-state index in [0.29, 0.717) is 0 Å². The predicted octanol–water partition coefficient (Wildman–Crippen LogP) is 4.33. The highest BCUT2D eigenvalue weighted by molar-refractivity contribution is 6.92. The van der Waals surface area contributed by atoms with Crippen molar-refractivity contribution in [1.82, 2.24) is 0 Å². The molecule has 0 radical (unpaired) electrons. The van der Waals surface area contributed by atoms with Crippen LogP contribution in [-0.4, -0.2) is 42.8 Å². The van der Waals surface area contributed by atoms with Gasteiger partial charge in [-0.25, -0.2) is 0 Å². The Labute approximate surface area is 136 Å². The van der Waals surface area contributed by atoms with Crippen molar-refractivity contribution in [2.45, 2.75) is 65.5 Å². The van der Waals surface area contributed by atoms with Crippen LogP contribution in [0.3, 0.4) is 0 Å². The van der Waals surface area contributed by atoms with E-state index in [2.05, 4.69) is 65.5 Å². The lowest BCUT2D eigenvalue weighted by atomic mass is 11.9. The molecule has 20 heavy (non-hydrogen) atoms. The monoisotopic (exact) mass is 381 g/mol. The van der Waals surface area contributed by atoms with Crippen LogP contribution in [0.2, 0.25) is 65.5 Å². The van der Waals surface area contributed by atoms with E-state index in [4.69, 9.17) is 26.5 Å². The second kappa shape index (κ2) is 5.51. The first-order chi connectivity index (χ1) is 10.5. The minimum absolute atomic E-state index is 0. The Hall–Kier alpha value is 0.884. The normalized spacial score (nSPS) is 32.3. The summed E-state index contributed by atoms with van der Waals surface area (Å²) in [5.74, 6) is 0. The molecule has 1 heterocycles. The van der Waals surface area contributed by atoms with Gasteiger partial charge in [0.15, 0.2) is 0 Å². The van der Waals surface area contributed by atoms with Crippen molar-refractivity contribution in [3.63, 3.8) is 0 Å². The summed E-state index contributed by atoms with van der Waals surface area (Å²) in [6.07, 6.45) is 0. The lowest BCUT2D eigenvalue weighted by Crippen LogP contribution is -2.64. The summed E-state index contributed by atoms with van der Waals surface area (Å²) in [5, 5.41) is 0. The molecule has 1 aliphatic heterocycles. The van der Waals surface area contributed by atoms with E-state index in [0.717, 1.165) is 0 Å². The fourth-order valence-electron chi connectivity index (χ4n) is 3.06. The quantitative estimate of drug-likeness (QED) is 0.584. The van der Waals surface area contributed by atoms with Crippen molar-refractivity contribution in [2.24, 2.45) is 0 Å². The smallest absolute Gasteiger partial charge is 0.314 e. The SMILES string of the molecule is C[Si]1(C)O[Si](C)(C)O[Si](C)(C)O[Si](C)(C)O[Si](C)(C)O1.[2HH].[2H][2H].[2H][2H]. The van der Waals surface area contributed by atoms with E-state index in [1.165, 1.54) is 0 Å². The van der Waals surface area contributed by atoms with Gasteiger partial charge in [-0.05, 0) is 65.5 Å². The summed E-state index contributed by atoms with van der Waals surface area (Å²) < 4.78 is 51.5. The summed E-state index contributed by atoms with van der Waals surface area (Å²) in [6.45, 7) is 20.8. The zero-order valence-electron chi connectivity index (χ0n) is 18.5. The number of rotatable bonds is 0. The zero-order valence-corrected chi connectivity index (χ0v) is 19.5. The molecule has 0 amide bonds. The highest BCUT2D eigenvalue weighted by Gasteiger charge is 2.50. The molecule has 0 saturated carbocycles. The Kier molecular flexibility index (Phi) is 4.34. The van der Waals surface area contributed by atoms with Crippen molar-refractivity contribution < 1.29 is 27.9 Å². The molecule has 0 unspecified atom stereocenters. The van der Waals surface area contributed by atoms with Gasteiger partial charge < -0.3 is 20.6 Å². The fraction of sp³-hybridized carbons (Fsp3) is 1.00. The Balaban J connectivity index is -0.000000899. The second-order valence-corrected chi connectivity index (χ2v) is 25.6. The number of hydrogen-bond acceptors (Lipinski definition) is 5. The van der Waals surface area contributed by atoms with Crippen LogP contribution in [0.15, 0.2) is 0 Å². The Morgan fingerprint density at radius 2 is 0.500 bits per heavy atom. The molecule has 10 heteroatoms. The molecule has 0 N–H and O–H groups in total. The van der Waals surface area contributed by atoms with Gasteiger partial charge in [0.05, 0.1) is 0 Å². The maximum atomic E-state index is 6.30. The number of hydrogen-bond donors (Lipinski definition) is 0. The largest absolute Gasteiger partial charge is 0.416 e. The minimum atomic E-state index is -2.26. The van der Waals surface area contributed by atoms with Crippen LogP contribution >= 0.6 is 0 Å². The van der Waals surface area contributed by atoms with Crippen molar-refractivity contribution >= 4 is 42.8 Å². The summed E-state index contributed by atoms with van der Waals surface area (Å²) in [4.78, 5) is 0. The standard InChI is InChI=1S/C10H30O5Si5.3H2/c1-16(2)11-17(3,4)13-19(7,8)15-20(9,10)14-18(5,6)12-16;;;/h1-10H3;3*1H/i;2*1+1D;1+1. The third kappa shape index (κ3) is 6.33.